The van der Waals surface area contributed by atoms with Gasteiger partial charge in [-0.2, -0.15) is 0 Å². The number of morpholine rings is 1. The van der Waals surface area contributed by atoms with E-state index in [1.807, 2.05) is 6.92 Å². The number of hydrogen-bond donors (Lipinski definition) is 2. The first-order valence-electron chi connectivity index (χ1n) is 6.44. The van der Waals surface area contributed by atoms with E-state index in [0.29, 0.717) is 25.5 Å². The summed E-state index contributed by atoms with van der Waals surface area (Å²) in [5, 5.41) is 0.267. The molecular weight excluding hydrogens is 300 g/mol. The third-order valence-electron chi connectivity index (χ3n) is 3.01. The number of sulfonamides is 1. The molecule has 0 spiro atoms. The van der Waals surface area contributed by atoms with Gasteiger partial charge in [0, 0.05) is 25.7 Å². The van der Waals surface area contributed by atoms with E-state index >= 15 is 0 Å². The summed E-state index contributed by atoms with van der Waals surface area (Å²) < 4.78 is 32.7. The lowest BCUT2D eigenvalue weighted by molar-refractivity contribution is 0.0354. The van der Waals surface area contributed by atoms with Crippen LogP contribution in [0.25, 0.3) is 0 Å². The maximum atomic E-state index is 12.3. The molecule has 114 valence electrons. The largest absolute Gasteiger partial charge is 0.379 e. The number of nitrogens with two attached hydrogens (primary N) is 1. The standard InChI is InChI=1S/C11H20N4O3S2/c1-8(7-15-3-5-18-6-4-15)14-20(16,17)10-9(2)13-11(12)19-10/h8,14H,3-7H2,1-2H3,(H2,12,13). The summed E-state index contributed by atoms with van der Waals surface area (Å²) in [5.74, 6) is 0. The summed E-state index contributed by atoms with van der Waals surface area (Å²) >= 11 is 0.992. The molecule has 3 N–H and O–H groups in total. The molecule has 0 aliphatic carbocycles. The van der Waals surface area contributed by atoms with E-state index in [4.69, 9.17) is 10.5 Å². The van der Waals surface area contributed by atoms with Gasteiger partial charge in [-0.25, -0.2) is 18.1 Å². The molecular formula is C11H20N4O3S2. The van der Waals surface area contributed by atoms with Gasteiger partial charge in [-0.1, -0.05) is 11.3 Å². The number of anilines is 1. The predicted molar refractivity (Wildman–Crippen MR) is 78.3 cm³/mol. The molecule has 9 heteroatoms. The molecule has 1 saturated heterocycles. The molecule has 1 aliphatic rings. The fourth-order valence-corrected chi connectivity index (χ4v) is 4.73. The van der Waals surface area contributed by atoms with Crippen molar-refractivity contribution in [2.24, 2.45) is 0 Å². The molecule has 1 fully saturated rings. The van der Waals surface area contributed by atoms with Crippen molar-refractivity contribution in [3.05, 3.63) is 5.69 Å². The lowest BCUT2D eigenvalue weighted by Gasteiger charge is -2.29. The first kappa shape index (κ1) is 15.6. The van der Waals surface area contributed by atoms with E-state index < -0.39 is 10.0 Å². The van der Waals surface area contributed by atoms with Gasteiger partial charge in [-0.15, -0.1) is 0 Å². The van der Waals surface area contributed by atoms with Gasteiger partial charge in [0.1, 0.15) is 0 Å². The maximum absolute atomic E-state index is 12.3. The maximum Gasteiger partial charge on any atom is 0.252 e. The summed E-state index contributed by atoms with van der Waals surface area (Å²) in [5.41, 5.74) is 5.99. The minimum Gasteiger partial charge on any atom is -0.379 e. The van der Waals surface area contributed by atoms with Crippen molar-refractivity contribution in [1.29, 1.82) is 0 Å². The van der Waals surface area contributed by atoms with E-state index in [-0.39, 0.29) is 15.4 Å². The van der Waals surface area contributed by atoms with Gasteiger partial charge < -0.3 is 10.5 Å². The molecule has 20 heavy (non-hydrogen) atoms. The van der Waals surface area contributed by atoms with Crippen LogP contribution in [0.2, 0.25) is 0 Å². The van der Waals surface area contributed by atoms with Gasteiger partial charge >= 0.3 is 0 Å². The van der Waals surface area contributed by atoms with Gasteiger partial charge in [0.2, 0.25) is 0 Å². The zero-order valence-corrected chi connectivity index (χ0v) is 13.3. The lowest BCUT2D eigenvalue weighted by Crippen LogP contribution is -2.45. The number of thiazole rings is 1. The number of nitrogens with one attached hydrogen (secondary N) is 1. The minimum atomic E-state index is -3.55. The molecule has 0 radical (unpaired) electrons. The van der Waals surface area contributed by atoms with E-state index in [1.165, 1.54) is 0 Å². The monoisotopic (exact) mass is 320 g/mol. The molecule has 7 nitrogen and oxygen atoms in total. The fraction of sp³-hybridized carbons (Fsp3) is 0.727. The van der Waals surface area contributed by atoms with Crippen molar-refractivity contribution in [2.45, 2.75) is 24.1 Å². The zero-order chi connectivity index (χ0) is 14.8. The molecule has 1 aliphatic heterocycles. The molecule has 1 aromatic rings. The molecule has 1 unspecified atom stereocenters. The Hall–Kier alpha value is -0.740. The fourth-order valence-electron chi connectivity index (χ4n) is 2.18. The Morgan fingerprint density at radius 1 is 1.50 bits per heavy atom. The van der Waals surface area contributed by atoms with Crippen molar-refractivity contribution in [1.82, 2.24) is 14.6 Å². The van der Waals surface area contributed by atoms with E-state index in [9.17, 15) is 8.42 Å². The number of nitrogen functional groups attached to an aromatic ring is 1. The van der Waals surface area contributed by atoms with E-state index in [2.05, 4.69) is 14.6 Å². The SMILES string of the molecule is Cc1nc(N)sc1S(=O)(=O)NC(C)CN1CCOCC1. The van der Waals surface area contributed by atoms with Crippen LogP contribution < -0.4 is 10.5 Å². The van der Waals surface area contributed by atoms with Gasteiger partial charge in [-0.3, -0.25) is 4.90 Å². The van der Waals surface area contributed by atoms with Gasteiger partial charge in [0.05, 0.1) is 18.9 Å². The van der Waals surface area contributed by atoms with Crippen LogP contribution >= 0.6 is 11.3 Å². The van der Waals surface area contributed by atoms with Crippen molar-refractivity contribution in [3.8, 4) is 0 Å². The molecule has 2 heterocycles. The van der Waals surface area contributed by atoms with Gasteiger partial charge in [-0.05, 0) is 13.8 Å². The van der Waals surface area contributed by atoms with E-state index in [0.717, 1.165) is 24.4 Å². The first-order valence-corrected chi connectivity index (χ1v) is 8.74. The van der Waals surface area contributed by atoms with Crippen molar-refractivity contribution in [3.63, 3.8) is 0 Å². The Balaban J connectivity index is 1.98. The first-order chi connectivity index (χ1) is 9.38. The topological polar surface area (TPSA) is 97.5 Å². The molecule has 1 aromatic heterocycles. The molecule has 0 aromatic carbocycles. The Kier molecular flexibility index (Phi) is 4.97. The van der Waals surface area contributed by atoms with Crippen LogP contribution in [0.3, 0.4) is 0 Å². The lowest BCUT2D eigenvalue weighted by atomic mass is 10.3. The van der Waals surface area contributed by atoms with Crippen molar-refractivity contribution in [2.75, 3.05) is 38.6 Å². The summed E-state index contributed by atoms with van der Waals surface area (Å²) in [6.07, 6.45) is 0. The normalized spacial score (nSPS) is 19.1. The van der Waals surface area contributed by atoms with Crippen LogP contribution in [-0.2, 0) is 14.8 Å². The smallest absolute Gasteiger partial charge is 0.252 e. The number of ether oxygens (including phenoxy) is 1. The molecule has 0 saturated carbocycles. The highest BCUT2D eigenvalue weighted by atomic mass is 32.2. The molecule has 0 amide bonds. The van der Waals surface area contributed by atoms with Crippen LogP contribution in [0.15, 0.2) is 4.21 Å². The third kappa shape index (κ3) is 3.89. The highest BCUT2D eigenvalue weighted by Crippen LogP contribution is 2.24. The molecule has 1 atom stereocenters. The molecule has 0 bridgehead atoms. The van der Waals surface area contributed by atoms with E-state index in [1.54, 1.807) is 6.92 Å². The summed E-state index contributed by atoms with van der Waals surface area (Å²) in [7, 11) is -3.55. The number of hydrogen-bond acceptors (Lipinski definition) is 7. The summed E-state index contributed by atoms with van der Waals surface area (Å²) in [6.45, 7) is 7.22. The van der Waals surface area contributed by atoms with Crippen LogP contribution in [0.1, 0.15) is 12.6 Å². The number of aromatic nitrogens is 1. The Morgan fingerprint density at radius 3 is 2.70 bits per heavy atom. The third-order valence-corrected chi connectivity index (χ3v) is 6.19. The van der Waals surface area contributed by atoms with Crippen LogP contribution in [0, 0.1) is 6.92 Å². The molecule has 2 rings (SSSR count). The van der Waals surface area contributed by atoms with Gasteiger partial charge in [0.15, 0.2) is 9.34 Å². The quantitative estimate of drug-likeness (QED) is 0.794. The van der Waals surface area contributed by atoms with Gasteiger partial charge in [0.25, 0.3) is 10.0 Å². The average Bonchev–Trinajstić information content (AvgIpc) is 2.69. The highest BCUT2D eigenvalue weighted by Gasteiger charge is 2.24. The van der Waals surface area contributed by atoms with Crippen molar-refractivity contribution < 1.29 is 13.2 Å². The second-order valence-electron chi connectivity index (χ2n) is 4.86. The Morgan fingerprint density at radius 2 is 2.15 bits per heavy atom. The number of rotatable bonds is 5. The van der Waals surface area contributed by atoms with Crippen LogP contribution in [0.5, 0.6) is 0 Å². The second kappa shape index (κ2) is 6.35. The summed E-state index contributed by atoms with van der Waals surface area (Å²) in [4.78, 5) is 6.14. The predicted octanol–water partition coefficient (Wildman–Crippen LogP) is 0.0327. The zero-order valence-electron chi connectivity index (χ0n) is 11.6. The van der Waals surface area contributed by atoms with Crippen LogP contribution in [-0.4, -0.2) is 57.2 Å². The number of aryl methyl sites for hydroxylation is 1. The number of nitrogens with zero attached hydrogens (tertiary/aromatic N) is 2. The van der Waals surface area contributed by atoms with Crippen LogP contribution in [0.4, 0.5) is 5.13 Å². The Bertz CT molecular complexity index is 552. The Labute approximate surface area is 123 Å². The second-order valence-corrected chi connectivity index (χ2v) is 7.80. The van der Waals surface area contributed by atoms with Crippen molar-refractivity contribution >= 4 is 26.5 Å². The average molecular weight is 320 g/mol. The minimum absolute atomic E-state index is 0.180. The summed E-state index contributed by atoms with van der Waals surface area (Å²) in [6, 6.07) is -0.180. The highest BCUT2D eigenvalue weighted by molar-refractivity contribution is 7.91.